The van der Waals surface area contributed by atoms with Crippen molar-refractivity contribution in [3.05, 3.63) is 58.3 Å². The lowest BCUT2D eigenvalue weighted by molar-refractivity contribution is 0.102. The zero-order valence-electron chi connectivity index (χ0n) is 14.3. The van der Waals surface area contributed by atoms with Gasteiger partial charge in [-0.15, -0.1) is 5.10 Å². The molecule has 26 heavy (non-hydrogen) atoms. The van der Waals surface area contributed by atoms with E-state index in [-0.39, 0.29) is 5.91 Å². The quantitative estimate of drug-likeness (QED) is 0.262. The minimum atomic E-state index is -0.263. The number of pyridine rings is 1. The Morgan fingerprint density at radius 2 is 2.12 bits per heavy atom. The van der Waals surface area contributed by atoms with Crippen molar-refractivity contribution < 1.29 is 4.79 Å². The molecule has 0 bridgehead atoms. The number of amidine groups is 1. The monoisotopic (exact) mass is 415 g/mol. The number of hydrazine groups is 1. The summed E-state index contributed by atoms with van der Waals surface area (Å²) in [5.41, 5.74) is 8.84. The zero-order valence-corrected chi connectivity index (χ0v) is 15.9. The van der Waals surface area contributed by atoms with Crippen LogP contribution in [0.1, 0.15) is 22.8 Å². The number of aryl methyl sites for hydroxylation is 1. The van der Waals surface area contributed by atoms with Crippen LogP contribution in [0.25, 0.3) is 5.52 Å². The van der Waals surface area contributed by atoms with Gasteiger partial charge in [-0.1, -0.05) is 22.0 Å². The van der Waals surface area contributed by atoms with Crippen LogP contribution in [0.5, 0.6) is 0 Å². The number of fused-ring (bicyclic) bond motifs is 1. The van der Waals surface area contributed by atoms with E-state index in [1.165, 1.54) is 6.20 Å². The van der Waals surface area contributed by atoms with Gasteiger partial charge in [-0.3, -0.25) is 4.79 Å². The Hall–Kier alpha value is -2.91. The highest BCUT2D eigenvalue weighted by molar-refractivity contribution is 9.10. The van der Waals surface area contributed by atoms with Crippen molar-refractivity contribution in [3.8, 4) is 0 Å². The number of hydrogen-bond donors (Lipinski definition) is 3. The summed E-state index contributed by atoms with van der Waals surface area (Å²) in [4.78, 5) is 12.7. The number of hydrazone groups is 1. The van der Waals surface area contributed by atoms with Gasteiger partial charge in [0.25, 0.3) is 5.91 Å². The maximum Gasteiger partial charge on any atom is 0.259 e. The van der Waals surface area contributed by atoms with Crippen LogP contribution < -0.4 is 22.0 Å². The molecule has 5 N–H and O–H groups in total. The lowest BCUT2D eigenvalue weighted by Crippen LogP contribution is -2.28. The van der Waals surface area contributed by atoms with Crippen LogP contribution in [0, 0.1) is 6.92 Å². The highest BCUT2D eigenvalue weighted by atomic mass is 79.9. The molecule has 0 fully saturated rings. The van der Waals surface area contributed by atoms with E-state index in [1.54, 1.807) is 29.8 Å². The second kappa shape index (κ2) is 7.14. The molecular formula is C17H18BrN7O. The first-order valence-electron chi connectivity index (χ1n) is 7.75. The third-order valence-corrected chi connectivity index (χ3v) is 4.22. The van der Waals surface area contributed by atoms with Gasteiger partial charge >= 0.3 is 0 Å². The Bertz CT molecular complexity index is 1010. The summed E-state index contributed by atoms with van der Waals surface area (Å²) in [6, 6.07) is 9.07. The van der Waals surface area contributed by atoms with Crippen LogP contribution in [-0.4, -0.2) is 21.4 Å². The number of nitrogens with two attached hydrogens (primary N) is 2. The number of benzene rings is 1. The van der Waals surface area contributed by atoms with Crippen LogP contribution in [0.3, 0.4) is 0 Å². The Balaban J connectivity index is 1.91. The van der Waals surface area contributed by atoms with Gasteiger partial charge in [0.2, 0.25) is 0 Å². The molecule has 0 unspecified atom stereocenters. The van der Waals surface area contributed by atoms with Gasteiger partial charge < -0.3 is 11.1 Å². The minimum Gasteiger partial charge on any atom is -0.386 e. The van der Waals surface area contributed by atoms with E-state index >= 15 is 0 Å². The molecular weight excluding hydrogens is 398 g/mol. The van der Waals surface area contributed by atoms with Crippen molar-refractivity contribution in [1.82, 2.24) is 9.61 Å². The summed E-state index contributed by atoms with van der Waals surface area (Å²) in [6.07, 6.45) is 3.31. The third kappa shape index (κ3) is 3.68. The average molecular weight is 416 g/mol. The van der Waals surface area contributed by atoms with Crippen LogP contribution in [0.4, 0.5) is 11.4 Å². The lowest BCUT2D eigenvalue weighted by atomic mass is 10.1. The van der Waals surface area contributed by atoms with E-state index in [4.69, 9.17) is 11.6 Å². The lowest BCUT2D eigenvalue weighted by Gasteiger charge is -2.16. The molecule has 2 heterocycles. The molecule has 3 rings (SSSR count). The van der Waals surface area contributed by atoms with Crippen LogP contribution in [0.2, 0.25) is 0 Å². The zero-order chi connectivity index (χ0) is 18.8. The van der Waals surface area contributed by atoms with Crippen molar-refractivity contribution in [2.75, 3.05) is 10.4 Å². The van der Waals surface area contributed by atoms with Crippen molar-refractivity contribution in [1.29, 1.82) is 0 Å². The first-order valence-corrected chi connectivity index (χ1v) is 8.55. The normalized spacial score (nSPS) is 11.6. The fraction of sp³-hybridized carbons (Fsp3) is 0.118. The molecule has 0 saturated carbocycles. The fourth-order valence-electron chi connectivity index (χ4n) is 2.43. The Morgan fingerprint density at radius 1 is 1.35 bits per heavy atom. The SMILES string of the molecule is C/C(N)=N/N(N)c1ccc(C)c(NC(=O)c2cnn3ccc(Br)cc23)c1. The van der Waals surface area contributed by atoms with E-state index in [1.807, 2.05) is 25.1 Å². The molecule has 0 radical (unpaired) electrons. The van der Waals surface area contributed by atoms with Gasteiger partial charge in [0.1, 0.15) is 5.84 Å². The van der Waals surface area contributed by atoms with E-state index < -0.39 is 0 Å². The second-order valence-corrected chi connectivity index (χ2v) is 6.69. The third-order valence-electron chi connectivity index (χ3n) is 3.73. The van der Waals surface area contributed by atoms with Gasteiger partial charge in [0.15, 0.2) is 0 Å². The first kappa shape index (κ1) is 17.9. The number of carbonyl (C=O) groups is 1. The number of aromatic nitrogens is 2. The second-order valence-electron chi connectivity index (χ2n) is 5.77. The van der Waals surface area contributed by atoms with Gasteiger partial charge in [0, 0.05) is 16.4 Å². The topological polar surface area (TPSA) is 114 Å². The number of rotatable bonds is 4. The smallest absolute Gasteiger partial charge is 0.259 e. The number of halogens is 1. The predicted octanol–water partition coefficient (Wildman–Crippen LogP) is 2.63. The van der Waals surface area contributed by atoms with Crippen molar-refractivity contribution in [2.45, 2.75) is 13.8 Å². The Labute approximate surface area is 158 Å². The highest BCUT2D eigenvalue weighted by Crippen LogP contribution is 2.24. The number of nitrogens with zero attached hydrogens (tertiary/aromatic N) is 4. The molecule has 0 saturated heterocycles. The number of nitrogens with one attached hydrogen (secondary N) is 1. The molecule has 0 aliphatic heterocycles. The number of amides is 1. The highest BCUT2D eigenvalue weighted by Gasteiger charge is 2.15. The standard InChI is InChI=1S/C17H18BrN7O/c1-10-3-4-13(25(20)23-11(2)19)8-15(10)22-17(26)14-9-21-24-6-5-12(18)7-16(14)24/h3-9H,20H2,1-2H3,(H2,19,23)(H,22,26). The summed E-state index contributed by atoms with van der Waals surface area (Å²) in [7, 11) is 0. The molecule has 8 nitrogen and oxygen atoms in total. The predicted molar refractivity (Wildman–Crippen MR) is 106 cm³/mol. The fourth-order valence-corrected chi connectivity index (χ4v) is 2.77. The summed E-state index contributed by atoms with van der Waals surface area (Å²) in [6.45, 7) is 3.53. The first-order chi connectivity index (χ1) is 12.3. The molecule has 1 aromatic carbocycles. The largest absolute Gasteiger partial charge is 0.386 e. The van der Waals surface area contributed by atoms with Gasteiger partial charge in [-0.05, 0) is 43.7 Å². The average Bonchev–Trinajstić information content (AvgIpc) is 2.99. The molecule has 3 aromatic rings. The summed E-state index contributed by atoms with van der Waals surface area (Å²) in [5.74, 6) is 5.93. The number of anilines is 2. The summed E-state index contributed by atoms with van der Waals surface area (Å²) >= 11 is 3.41. The molecule has 2 aromatic heterocycles. The Morgan fingerprint density at radius 3 is 2.85 bits per heavy atom. The van der Waals surface area contributed by atoms with Crippen LogP contribution >= 0.6 is 15.9 Å². The van der Waals surface area contributed by atoms with Crippen LogP contribution in [-0.2, 0) is 0 Å². The molecule has 0 atom stereocenters. The summed E-state index contributed by atoms with van der Waals surface area (Å²) < 4.78 is 2.51. The van der Waals surface area contributed by atoms with E-state index in [0.717, 1.165) is 15.2 Å². The molecule has 9 heteroatoms. The van der Waals surface area contributed by atoms with Crippen molar-refractivity contribution >= 4 is 44.6 Å². The molecule has 0 aliphatic carbocycles. The molecule has 1 amide bonds. The molecule has 0 aliphatic rings. The van der Waals surface area contributed by atoms with Crippen molar-refractivity contribution in [3.63, 3.8) is 0 Å². The van der Waals surface area contributed by atoms with Crippen LogP contribution in [0.15, 0.2) is 52.3 Å². The van der Waals surface area contributed by atoms with Gasteiger partial charge in [-0.2, -0.15) is 10.2 Å². The van der Waals surface area contributed by atoms with Gasteiger partial charge in [0.05, 0.1) is 23.0 Å². The van der Waals surface area contributed by atoms with Gasteiger partial charge in [-0.25, -0.2) is 10.4 Å². The molecule has 0 spiro atoms. The Kier molecular flexibility index (Phi) is 4.92. The number of hydrogen-bond acceptors (Lipinski definition) is 5. The van der Waals surface area contributed by atoms with E-state index in [2.05, 4.69) is 31.4 Å². The molecule has 134 valence electrons. The maximum absolute atomic E-state index is 12.7. The van der Waals surface area contributed by atoms with E-state index in [0.29, 0.717) is 28.3 Å². The number of carbonyl (C=O) groups excluding carboxylic acids is 1. The minimum absolute atomic E-state index is 0.263. The maximum atomic E-state index is 12.7. The van der Waals surface area contributed by atoms with E-state index in [9.17, 15) is 4.79 Å². The van der Waals surface area contributed by atoms with Crippen molar-refractivity contribution in [2.24, 2.45) is 16.7 Å². The summed E-state index contributed by atoms with van der Waals surface area (Å²) in [5, 5.41) is 12.2.